The van der Waals surface area contributed by atoms with Gasteiger partial charge < -0.3 is 9.64 Å². The summed E-state index contributed by atoms with van der Waals surface area (Å²) in [7, 11) is 1.90. The number of amides is 1. The van der Waals surface area contributed by atoms with E-state index in [1.54, 1.807) is 42.7 Å². The Labute approximate surface area is 217 Å². The lowest BCUT2D eigenvalue weighted by Gasteiger charge is -2.33. The van der Waals surface area contributed by atoms with Crippen molar-refractivity contribution in [1.29, 1.82) is 0 Å². The van der Waals surface area contributed by atoms with Crippen molar-refractivity contribution in [2.45, 2.75) is 31.1 Å². The van der Waals surface area contributed by atoms with Crippen LogP contribution in [0.3, 0.4) is 0 Å². The molecule has 2 heterocycles. The third-order valence-electron chi connectivity index (χ3n) is 6.64. The fraction of sp³-hybridized carbons (Fsp3) is 0.462. The molecule has 0 saturated carbocycles. The van der Waals surface area contributed by atoms with Crippen LogP contribution >= 0.6 is 11.3 Å². The number of hydrogen-bond donors (Lipinski definition) is 0. The van der Waals surface area contributed by atoms with E-state index in [1.165, 1.54) is 9.87 Å². The highest BCUT2D eigenvalue weighted by atomic mass is 32.2. The van der Waals surface area contributed by atoms with Crippen molar-refractivity contribution in [2.24, 2.45) is 5.92 Å². The number of likely N-dealkylation sites (N-methyl/N-ethyl adjacent to an activating group) is 1. The van der Waals surface area contributed by atoms with Gasteiger partial charge in [-0.05, 0) is 69.3 Å². The van der Waals surface area contributed by atoms with Crippen molar-refractivity contribution >= 4 is 42.6 Å². The highest BCUT2D eigenvalue weighted by Gasteiger charge is 2.35. The predicted molar refractivity (Wildman–Crippen MR) is 144 cm³/mol. The standard InChI is InChI=1S/C26H34N4O4S2/c1-5-19-7-6-8-23-24(19)27-26(35-23)30(18-17-28(2)3)25(31)20-13-15-29(16-14-20)36(32,33)22-11-9-21(34-4)10-12-22/h6-12,20H,5,13-18H2,1-4H3. The second-order valence-electron chi connectivity index (χ2n) is 9.26. The highest BCUT2D eigenvalue weighted by Crippen LogP contribution is 2.33. The van der Waals surface area contributed by atoms with E-state index in [9.17, 15) is 13.2 Å². The van der Waals surface area contributed by atoms with Crippen LogP contribution in [0.15, 0.2) is 47.4 Å². The van der Waals surface area contributed by atoms with Crippen molar-refractivity contribution in [3.8, 4) is 5.75 Å². The number of hydrogen-bond acceptors (Lipinski definition) is 7. The number of ether oxygens (including phenoxy) is 1. The molecule has 36 heavy (non-hydrogen) atoms. The minimum Gasteiger partial charge on any atom is -0.497 e. The summed E-state index contributed by atoms with van der Waals surface area (Å²) < 4.78 is 34.0. The molecule has 0 aliphatic carbocycles. The lowest BCUT2D eigenvalue weighted by atomic mass is 9.96. The first-order valence-corrected chi connectivity index (χ1v) is 14.5. The second kappa shape index (κ2) is 11.2. The maximum atomic E-state index is 13.7. The largest absolute Gasteiger partial charge is 0.497 e. The molecule has 0 atom stereocenters. The molecular weight excluding hydrogens is 496 g/mol. The molecule has 0 spiro atoms. The Morgan fingerprint density at radius 1 is 1.11 bits per heavy atom. The number of carbonyl (C=O) groups is 1. The number of benzene rings is 2. The molecular formula is C26H34N4O4S2. The zero-order valence-corrected chi connectivity index (χ0v) is 22.9. The van der Waals surface area contributed by atoms with E-state index in [0.717, 1.165) is 16.6 Å². The van der Waals surface area contributed by atoms with Crippen molar-refractivity contribution < 1.29 is 17.9 Å². The first kappa shape index (κ1) is 26.5. The maximum Gasteiger partial charge on any atom is 0.243 e. The Morgan fingerprint density at radius 2 is 1.81 bits per heavy atom. The van der Waals surface area contributed by atoms with E-state index in [1.807, 2.05) is 31.1 Å². The fourth-order valence-corrected chi connectivity index (χ4v) is 6.97. The second-order valence-corrected chi connectivity index (χ2v) is 12.2. The number of fused-ring (bicyclic) bond motifs is 1. The average Bonchev–Trinajstić information content (AvgIpc) is 3.32. The van der Waals surface area contributed by atoms with Gasteiger partial charge in [0.2, 0.25) is 15.9 Å². The predicted octanol–water partition coefficient (Wildman–Crippen LogP) is 3.86. The van der Waals surface area contributed by atoms with Gasteiger partial charge in [-0.3, -0.25) is 9.69 Å². The van der Waals surface area contributed by atoms with Gasteiger partial charge in [0.25, 0.3) is 0 Å². The maximum absolute atomic E-state index is 13.7. The number of aryl methyl sites for hydroxylation is 1. The number of sulfonamides is 1. The quantitative estimate of drug-likeness (QED) is 0.418. The first-order chi connectivity index (χ1) is 17.2. The smallest absolute Gasteiger partial charge is 0.243 e. The first-order valence-electron chi connectivity index (χ1n) is 12.2. The lowest BCUT2D eigenvalue weighted by Crippen LogP contribution is -2.46. The molecule has 194 valence electrons. The van der Waals surface area contributed by atoms with Crippen LogP contribution in [-0.4, -0.2) is 75.9 Å². The van der Waals surface area contributed by atoms with Gasteiger partial charge in [0.1, 0.15) is 5.75 Å². The Kier molecular flexibility index (Phi) is 8.29. The van der Waals surface area contributed by atoms with Crippen molar-refractivity contribution in [3.63, 3.8) is 0 Å². The molecule has 1 aromatic heterocycles. The Bertz CT molecular complexity index is 1300. The number of piperidine rings is 1. The number of methoxy groups -OCH3 is 1. The molecule has 0 radical (unpaired) electrons. The van der Waals surface area contributed by atoms with E-state index >= 15 is 0 Å². The summed E-state index contributed by atoms with van der Waals surface area (Å²) in [6.45, 7) is 3.99. The normalized spacial score (nSPS) is 15.5. The van der Waals surface area contributed by atoms with Crippen LogP contribution in [-0.2, 0) is 21.2 Å². The minimum absolute atomic E-state index is 0.0236. The summed E-state index contributed by atoms with van der Waals surface area (Å²) in [4.78, 5) is 22.7. The molecule has 0 N–H and O–H groups in total. The summed E-state index contributed by atoms with van der Waals surface area (Å²) in [6, 6.07) is 12.6. The van der Waals surface area contributed by atoms with Crippen molar-refractivity contribution in [1.82, 2.24) is 14.2 Å². The number of thiazole rings is 1. The third-order valence-corrected chi connectivity index (χ3v) is 9.60. The van der Waals surface area contributed by atoms with Gasteiger partial charge in [-0.15, -0.1) is 0 Å². The Morgan fingerprint density at radius 3 is 2.42 bits per heavy atom. The summed E-state index contributed by atoms with van der Waals surface area (Å²) >= 11 is 1.54. The van der Waals surface area contributed by atoms with Gasteiger partial charge in [-0.2, -0.15) is 4.31 Å². The molecule has 4 rings (SSSR count). The van der Waals surface area contributed by atoms with Gasteiger partial charge in [0, 0.05) is 32.1 Å². The molecule has 0 unspecified atom stereocenters. The Balaban J connectivity index is 1.51. The van der Waals surface area contributed by atoms with E-state index < -0.39 is 10.0 Å². The van der Waals surface area contributed by atoms with E-state index in [0.29, 0.717) is 49.9 Å². The van der Waals surface area contributed by atoms with Crippen LogP contribution in [0.5, 0.6) is 5.75 Å². The molecule has 3 aromatic rings. The molecule has 1 amide bonds. The number of nitrogens with zero attached hydrogens (tertiary/aromatic N) is 4. The van der Waals surface area contributed by atoms with Crippen LogP contribution < -0.4 is 9.64 Å². The van der Waals surface area contributed by atoms with Gasteiger partial charge in [-0.25, -0.2) is 13.4 Å². The summed E-state index contributed by atoms with van der Waals surface area (Å²) in [5, 5.41) is 0.714. The highest BCUT2D eigenvalue weighted by molar-refractivity contribution is 7.89. The zero-order chi connectivity index (χ0) is 25.9. The summed E-state index contributed by atoms with van der Waals surface area (Å²) in [5.74, 6) is 0.388. The topological polar surface area (TPSA) is 83.0 Å². The monoisotopic (exact) mass is 530 g/mol. The van der Waals surface area contributed by atoms with E-state index in [4.69, 9.17) is 9.72 Å². The molecule has 8 nitrogen and oxygen atoms in total. The van der Waals surface area contributed by atoms with Gasteiger partial charge in [0.05, 0.1) is 22.2 Å². The molecule has 1 aliphatic heterocycles. The van der Waals surface area contributed by atoms with Crippen LogP contribution in [0.2, 0.25) is 0 Å². The number of para-hydroxylation sites is 1. The van der Waals surface area contributed by atoms with Crippen LogP contribution in [0, 0.1) is 5.92 Å². The van der Waals surface area contributed by atoms with Gasteiger partial charge >= 0.3 is 0 Å². The molecule has 1 saturated heterocycles. The number of anilines is 1. The number of rotatable bonds is 9. The van der Waals surface area contributed by atoms with Crippen molar-refractivity contribution in [2.75, 3.05) is 52.3 Å². The molecule has 1 fully saturated rings. The van der Waals surface area contributed by atoms with Crippen LogP contribution in [0.4, 0.5) is 5.13 Å². The average molecular weight is 531 g/mol. The van der Waals surface area contributed by atoms with Crippen LogP contribution in [0.1, 0.15) is 25.3 Å². The summed E-state index contributed by atoms with van der Waals surface area (Å²) in [6.07, 6.45) is 1.85. The van der Waals surface area contributed by atoms with E-state index in [-0.39, 0.29) is 16.7 Å². The van der Waals surface area contributed by atoms with Gasteiger partial charge in [-0.1, -0.05) is 30.4 Å². The fourth-order valence-electron chi connectivity index (χ4n) is 4.45. The SMILES string of the molecule is CCc1cccc2sc(N(CCN(C)C)C(=O)C3CCN(S(=O)(=O)c4ccc(OC)cc4)CC3)nc12. The zero-order valence-electron chi connectivity index (χ0n) is 21.3. The summed E-state index contributed by atoms with van der Waals surface area (Å²) in [5.41, 5.74) is 2.13. The number of aromatic nitrogens is 1. The minimum atomic E-state index is -3.62. The van der Waals surface area contributed by atoms with Crippen LogP contribution in [0.25, 0.3) is 10.2 Å². The van der Waals surface area contributed by atoms with Gasteiger partial charge in [0.15, 0.2) is 5.13 Å². The van der Waals surface area contributed by atoms with Crippen molar-refractivity contribution in [3.05, 3.63) is 48.0 Å². The molecule has 2 aromatic carbocycles. The molecule has 1 aliphatic rings. The lowest BCUT2D eigenvalue weighted by molar-refractivity contribution is -0.123. The van der Waals surface area contributed by atoms with E-state index in [2.05, 4.69) is 17.9 Å². The third kappa shape index (κ3) is 5.56. The number of carbonyl (C=O) groups excluding carboxylic acids is 1. The molecule has 0 bridgehead atoms. The molecule has 10 heteroatoms. The Hall–Kier alpha value is -2.53.